The fraction of sp³-hybridized carbons (Fsp3) is 0.917. The van der Waals surface area contributed by atoms with Crippen LogP contribution in [0.15, 0.2) is 0 Å². The second-order valence-corrected chi connectivity index (χ2v) is 8.46. The number of carbonyl (C=O) groups is 1. The second kappa shape index (κ2) is 7.11. The van der Waals surface area contributed by atoms with E-state index in [0.717, 1.165) is 18.1 Å². The molecule has 116 valence electrons. The summed E-state index contributed by atoms with van der Waals surface area (Å²) in [5.74, 6) is 2.23. The summed E-state index contributed by atoms with van der Waals surface area (Å²) in [5, 5.41) is 3.36. The lowest BCUT2D eigenvalue weighted by Gasteiger charge is -2.26. The SMILES string of the molecule is CS(=O)(=O)N1CCCN(C(=O)CC2CSCCN2)CC1. The fourth-order valence-corrected chi connectivity index (χ4v) is 4.39. The predicted octanol–water partition coefficient (Wildman–Crippen LogP) is -0.425. The van der Waals surface area contributed by atoms with Gasteiger partial charge < -0.3 is 10.2 Å². The van der Waals surface area contributed by atoms with E-state index in [1.165, 1.54) is 10.6 Å². The number of sulfonamides is 1. The Morgan fingerprint density at radius 2 is 2.10 bits per heavy atom. The highest BCUT2D eigenvalue weighted by atomic mass is 32.2. The lowest BCUT2D eigenvalue weighted by atomic mass is 10.2. The fourth-order valence-electron chi connectivity index (χ4n) is 2.57. The number of nitrogens with one attached hydrogen (secondary N) is 1. The third kappa shape index (κ3) is 4.61. The minimum Gasteiger partial charge on any atom is -0.341 e. The van der Waals surface area contributed by atoms with Crippen molar-refractivity contribution in [3.05, 3.63) is 0 Å². The Bertz CT molecular complexity index is 435. The van der Waals surface area contributed by atoms with Gasteiger partial charge in [-0.15, -0.1) is 0 Å². The number of hydrogen-bond acceptors (Lipinski definition) is 5. The van der Waals surface area contributed by atoms with Crippen LogP contribution in [0.3, 0.4) is 0 Å². The average Bonchev–Trinajstić information content (AvgIpc) is 2.65. The summed E-state index contributed by atoms with van der Waals surface area (Å²) in [7, 11) is -3.15. The number of amides is 1. The molecule has 0 aliphatic carbocycles. The van der Waals surface area contributed by atoms with Gasteiger partial charge in [-0.2, -0.15) is 11.8 Å². The van der Waals surface area contributed by atoms with E-state index in [1.807, 2.05) is 16.7 Å². The van der Waals surface area contributed by atoms with Crippen LogP contribution in [0.1, 0.15) is 12.8 Å². The van der Waals surface area contributed by atoms with Crippen molar-refractivity contribution in [3.8, 4) is 0 Å². The first kappa shape index (κ1) is 16.1. The Hall–Kier alpha value is -0.310. The maximum atomic E-state index is 12.3. The molecule has 2 fully saturated rings. The summed E-state index contributed by atoms with van der Waals surface area (Å²) >= 11 is 1.88. The molecule has 0 aromatic rings. The van der Waals surface area contributed by atoms with E-state index in [2.05, 4.69) is 5.32 Å². The summed E-state index contributed by atoms with van der Waals surface area (Å²) < 4.78 is 24.6. The predicted molar refractivity (Wildman–Crippen MR) is 81.3 cm³/mol. The largest absolute Gasteiger partial charge is 0.341 e. The van der Waals surface area contributed by atoms with Crippen LogP contribution in [-0.4, -0.2) is 80.1 Å². The molecule has 0 aromatic heterocycles. The number of thioether (sulfide) groups is 1. The molecule has 2 aliphatic rings. The van der Waals surface area contributed by atoms with Gasteiger partial charge in [-0.05, 0) is 6.42 Å². The van der Waals surface area contributed by atoms with Crippen molar-refractivity contribution in [2.75, 3.05) is 50.5 Å². The van der Waals surface area contributed by atoms with Crippen LogP contribution in [0, 0.1) is 0 Å². The highest BCUT2D eigenvalue weighted by Gasteiger charge is 2.25. The molecule has 8 heteroatoms. The van der Waals surface area contributed by atoms with Crippen LogP contribution in [0.25, 0.3) is 0 Å². The Balaban J connectivity index is 1.84. The third-order valence-electron chi connectivity index (χ3n) is 3.70. The number of hydrogen-bond donors (Lipinski definition) is 1. The maximum Gasteiger partial charge on any atom is 0.224 e. The Morgan fingerprint density at radius 1 is 1.30 bits per heavy atom. The van der Waals surface area contributed by atoms with Gasteiger partial charge in [-0.25, -0.2) is 12.7 Å². The summed E-state index contributed by atoms with van der Waals surface area (Å²) in [4.78, 5) is 14.1. The van der Waals surface area contributed by atoms with Crippen LogP contribution >= 0.6 is 11.8 Å². The average molecular weight is 321 g/mol. The zero-order valence-corrected chi connectivity index (χ0v) is 13.5. The van der Waals surface area contributed by atoms with E-state index in [9.17, 15) is 13.2 Å². The van der Waals surface area contributed by atoms with Crippen molar-refractivity contribution >= 4 is 27.7 Å². The van der Waals surface area contributed by atoms with Crippen molar-refractivity contribution < 1.29 is 13.2 Å². The van der Waals surface area contributed by atoms with Gasteiger partial charge in [0.2, 0.25) is 15.9 Å². The standard InChI is InChI=1S/C12H23N3O3S2/c1-20(17,18)15-5-2-4-14(6-7-15)12(16)9-11-10-19-8-3-13-11/h11,13H,2-10H2,1H3. The van der Waals surface area contributed by atoms with Gasteiger partial charge in [0, 0.05) is 56.7 Å². The van der Waals surface area contributed by atoms with Gasteiger partial charge in [0.05, 0.1) is 6.26 Å². The minimum atomic E-state index is -3.15. The first-order chi connectivity index (χ1) is 9.47. The van der Waals surface area contributed by atoms with Gasteiger partial charge in [0.15, 0.2) is 0 Å². The molecule has 1 atom stereocenters. The molecule has 1 N–H and O–H groups in total. The van der Waals surface area contributed by atoms with Crippen molar-refractivity contribution in [1.82, 2.24) is 14.5 Å². The molecule has 2 aliphatic heterocycles. The van der Waals surface area contributed by atoms with Crippen molar-refractivity contribution in [2.45, 2.75) is 18.9 Å². The van der Waals surface area contributed by atoms with Gasteiger partial charge >= 0.3 is 0 Å². The molecule has 0 saturated carbocycles. The monoisotopic (exact) mass is 321 g/mol. The zero-order chi connectivity index (χ0) is 14.6. The summed E-state index contributed by atoms with van der Waals surface area (Å²) in [5.41, 5.74) is 0. The van der Waals surface area contributed by atoms with Gasteiger partial charge in [0.25, 0.3) is 0 Å². The van der Waals surface area contributed by atoms with Crippen LogP contribution in [0.5, 0.6) is 0 Å². The van der Waals surface area contributed by atoms with E-state index >= 15 is 0 Å². The maximum absolute atomic E-state index is 12.3. The Kier molecular flexibility index (Phi) is 5.71. The molecular formula is C12H23N3O3S2. The van der Waals surface area contributed by atoms with Crippen LogP contribution in [0.2, 0.25) is 0 Å². The molecule has 2 heterocycles. The van der Waals surface area contributed by atoms with E-state index in [0.29, 0.717) is 39.0 Å². The topological polar surface area (TPSA) is 69.7 Å². The molecule has 0 bridgehead atoms. The van der Waals surface area contributed by atoms with Crippen LogP contribution in [0.4, 0.5) is 0 Å². The lowest BCUT2D eigenvalue weighted by Crippen LogP contribution is -2.43. The zero-order valence-electron chi connectivity index (χ0n) is 11.9. The molecule has 6 nitrogen and oxygen atoms in total. The Labute approximate surface area is 125 Å². The lowest BCUT2D eigenvalue weighted by molar-refractivity contribution is -0.131. The molecule has 2 rings (SSSR count). The Morgan fingerprint density at radius 3 is 2.75 bits per heavy atom. The van der Waals surface area contributed by atoms with Gasteiger partial charge in [-0.1, -0.05) is 0 Å². The smallest absolute Gasteiger partial charge is 0.224 e. The molecule has 20 heavy (non-hydrogen) atoms. The van der Waals surface area contributed by atoms with Crippen molar-refractivity contribution in [1.29, 1.82) is 0 Å². The molecule has 0 spiro atoms. The highest BCUT2D eigenvalue weighted by molar-refractivity contribution is 7.99. The molecule has 1 amide bonds. The molecule has 2 saturated heterocycles. The molecule has 0 aromatic carbocycles. The molecular weight excluding hydrogens is 298 g/mol. The first-order valence-corrected chi connectivity index (χ1v) is 10.0. The second-order valence-electron chi connectivity index (χ2n) is 5.33. The molecule has 1 unspecified atom stereocenters. The van der Waals surface area contributed by atoms with E-state index < -0.39 is 10.0 Å². The van der Waals surface area contributed by atoms with Crippen molar-refractivity contribution in [3.63, 3.8) is 0 Å². The van der Waals surface area contributed by atoms with Crippen molar-refractivity contribution in [2.24, 2.45) is 0 Å². The summed E-state index contributed by atoms with van der Waals surface area (Å²) in [6, 6.07) is 0.260. The highest BCUT2D eigenvalue weighted by Crippen LogP contribution is 2.13. The minimum absolute atomic E-state index is 0.139. The van der Waals surface area contributed by atoms with Crippen LogP contribution < -0.4 is 5.32 Å². The number of nitrogens with zero attached hydrogens (tertiary/aromatic N) is 2. The van der Waals surface area contributed by atoms with Gasteiger partial charge in [-0.3, -0.25) is 4.79 Å². The number of carbonyl (C=O) groups excluding carboxylic acids is 1. The summed E-state index contributed by atoms with van der Waals surface area (Å²) in [6.07, 6.45) is 2.46. The van der Waals surface area contributed by atoms with E-state index in [1.54, 1.807) is 0 Å². The quantitative estimate of drug-likeness (QED) is 0.764. The first-order valence-electron chi connectivity index (χ1n) is 7.01. The van der Waals surface area contributed by atoms with Gasteiger partial charge in [0.1, 0.15) is 0 Å². The van der Waals surface area contributed by atoms with Crippen LogP contribution in [-0.2, 0) is 14.8 Å². The normalized spacial score (nSPS) is 26.2. The summed E-state index contributed by atoms with van der Waals surface area (Å²) in [6.45, 7) is 3.05. The van der Waals surface area contributed by atoms with E-state index in [-0.39, 0.29) is 11.9 Å². The number of rotatable bonds is 3. The third-order valence-corrected chi connectivity index (χ3v) is 6.13. The molecule has 0 radical (unpaired) electrons. The van der Waals surface area contributed by atoms with E-state index in [4.69, 9.17) is 0 Å².